The van der Waals surface area contributed by atoms with E-state index >= 15 is 0 Å². The summed E-state index contributed by atoms with van der Waals surface area (Å²) in [6, 6.07) is 0. The lowest BCUT2D eigenvalue weighted by atomic mass is 9.85. The third kappa shape index (κ3) is 2.40. The lowest BCUT2D eigenvalue weighted by Gasteiger charge is -2.26. The molecule has 0 spiro atoms. The summed E-state index contributed by atoms with van der Waals surface area (Å²) in [5.41, 5.74) is -0.0324. The number of carbonyl (C=O) groups excluding carboxylic acids is 1. The van der Waals surface area contributed by atoms with E-state index in [1.165, 1.54) is 0 Å². The Balaban J connectivity index is 2.74. The second-order valence-corrected chi connectivity index (χ2v) is 4.52. The average Bonchev–Trinajstić information content (AvgIpc) is 2.11. The summed E-state index contributed by atoms with van der Waals surface area (Å²) in [7, 11) is 2.66. The van der Waals surface area contributed by atoms with E-state index in [4.69, 9.17) is 0 Å². The van der Waals surface area contributed by atoms with Gasteiger partial charge in [0.25, 0.3) is 0 Å². The Kier molecular flexibility index (Phi) is 3.03. The zero-order chi connectivity index (χ0) is 9.19. The molecule has 3 heteroatoms. The van der Waals surface area contributed by atoms with Crippen LogP contribution < -0.4 is 0 Å². The molecule has 0 aromatic heterocycles. The molecule has 1 aliphatic heterocycles. The van der Waals surface area contributed by atoms with Crippen molar-refractivity contribution in [3.8, 4) is 0 Å². The fourth-order valence-corrected chi connectivity index (χ4v) is 2.09. The van der Waals surface area contributed by atoms with E-state index < -0.39 is 0 Å². The van der Waals surface area contributed by atoms with E-state index in [-0.39, 0.29) is 5.41 Å². The Morgan fingerprint density at radius 1 is 1.75 bits per heavy atom. The maximum Gasteiger partial charge on any atom is 0.135 e. The van der Waals surface area contributed by atoms with Crippen molar-refractivity contribution in [2.75, 3.05) is 13.1 Å². The predicted octanol–water partition coefficient (Wildman–Crippen LogP) is 1.63. The lowest BCUT2D eigenvalue weighted by molar-refractivity contribution is -0.119. The van der Waals surface area contributed by atoms with Crippen LogP contribution >= 0.6 is 9.39 Å². The third-order valence-electron chi connectivity index (χ3n) is 2.34. The van der Waals surface area contributed by atoms with E-state index in [0.717, 1.165) is 13.1 Å². The molecular weight excluding hydrogens is 169 g/mol. The molecule has 1 aliphatic rings. The van der Waals surface area contributed by atoms with Crippen LogP contribution in [-0.2, 0) is 4.79 Å². The highest BCUT2D eigenvalue weighted by atomic mass is 31.0. The fourth-order valence-electron chi connectivity index (χ4n) is 1.54. The molecule has 2 nitrogen and oxygen atoms in total. The topological polar surface area (TPSA) is 20.3 Å². The maximum atomic E-state index is 11.3. The van der Waals surface area contributed by atoms with Crippen LogP contribution in [0.5, 0.6) is 0 Å². The first-order valence-electron chi connectivity index (χ1n) is 4.21. The number of nitrogens with zero attached hydrogens (tertiary/aromatic N) is 1. The van der Waals surface area contributed by atoms with Gasteiger partial charge in [0.1, 0.15) is 5.78 Å². The van der Waals surface area contributed by atoms with Gasteiger partial charge in [0.2, 0.25) is 0 Å². The van der Waals surface area contributed by atoms with Crippen LogP contribution in [0.2, 0.25) is 0 Å². The molecular formula is C9H16NOP. The van der Waals surface area contributed by atoms with Gasteiger partial charge in [0.05, 0.1) is 0 Å². The molecule has 0 bridgehead atoms. The van der Waals surface area contributed by atoms with E-state index in [1.54, 1.807) is 0 Å². The van der Waals surface area contributed by atoms with E-state index in [9.17, 15) is 4.79 Å². The molecule has 0 N–H and O–H groups in total. The van der Waals surface area contributed by atoms with Crippen LogP contribution in [0.3, 0.4) is 0 Å². The molecule has 68 valence electrons. The molecule has 0 aromatic carbocycles. The van der Waals surface area contributed by atoms with Gasteiger partial charge in [-0.15, -0.1) is 6.58 Å². The second-order valence-electron chi connectivity index (χ2n) is 3.79. The van der Waals surface area contributed by atoms with Crippen molar-refractivity contribution in [1.82, 2.24) is 4.67 Å². The molecule has 0 aliphatic carbocycles. The van der Waals surface area contributed by atoms with E-state index in [0.29, 0.717) is 18.6 Å². The summed E-state index contributed by atoms with van der Waals surface area (Å²) in [5, 5.41) is 0. The standard InChI is InChI=1S/C9H16NOP/c1-3-9(2)6-8(11)4-5-10(12)7-9/h3H,1,4-7,12H2,2H3. The summed E-state index contributed by atoms with van der Waals surface area (Å²) < 4.78 is 2.12. The van der Waals surface area contributed by atoms with Gasteiger partial charge in [0, 0.05) is 31.3 Å². The third-order valence-corrected chi connectivity index (χ3v) is 2.78. The number of hydrogen-bond acceptors (Lipinski definition) is 2. The van der Waals surface area contributed by atoms with Gasteiger partial charge in [-0.05, 0) is 0 Å². The summed E-state index contributed by atoms with van der Waals surface area (Å²) in [5.74, 6) is 0.349. The SMILES string of the molecule is C=CC1(C)CC(=O)CCN(P)C1. The molecule has 2 unspecified atom stereocenters. The summed E-state index contributed by atoms with van der Waals surface area (Å²) in [6.45, 7) is 7.63. The van der Waals surface area contributed by atoms with Crippen LogP contribution in [0.1, 0.15) is 19.8 Å². The molecule has 1 saturated heterocycles. The Morgan fingerprint density at radius 2 is 2.42 bits per heavy atom. The minimum Gasteiger partial charge on any atom is -0.300 e. The summed E-state index contributed by atoms with van der Waals surface area (Å²) >= 11 is 0. The van der Waals surface area contributed by atoms with Crippen molar-refractivity contribution in [1.29, 1.82) is 0 Å². The number of ketones is 1. The highest BCUT2D eigenvalue weighted by molar-refractivity contribution is 7.13. The first kappa shape index (κ1) is 9.88. The van der Waals surface area contributed by atoms with E-state index in [1.807, 2.05) is 6.08 Å². The van der Waals surface area contributed by atoms with Gasteiger partial charge < -0.3 is 0 Å². The van der Waals surface area contributed by atoms with Crippen LogP contribution in [0, 0.1) is 5.41 Å². The fraction of sp³-hybridized carbons (Fsp3) is 0.667. The molecule has 0 radical (unpaired) electrons. The van der Waals surface area contributed by atoms with Crippen LogP contribution in [0.25, 0.3) is 0 Å². The van der Waals surface area contributed by atoms with Crippen molar-refractivity contribution in [2.24, 2.45) is 5.41 Å². The molecule has 0 amide bonds. The maximum absolute atomic E-state index is 11.3. The van der Waals surface area contributed by atoms with Crippen molar-refractivity contribution >= 4 is 15.2 Å². The number of hydrogen-bond donors (Lipinski definition) is 0. The Bertz CT molecular complexity index is 205. The lowest BCUT2D eigenvalue weighted by Crippen LogP contribution is -2.26. The monoisotopic (exact) mass is 185 g/mol. The average molecular weight is 185 g/mol. The second kappa shape index (κ2) is 3.68. The van der Waals surface area contributed by atoms with Crippen molar-refractivity contribution in [3.63, 3.8) is 0 Å². The largest absolute Gasteiger partial charge is 0.300 e. The van der Waals surface area contributed by atoms with Crippen LogP contribution in [-0.4, -0.2) is 23.5 Å². The van der Waals surface area contributed by atoms with Crippen LogP contribution in [0.15, 0.2) is 12.7 Å². The highest BCUT2D eigenvalue weighted by Gasteiger charge is 2.28. The molecule has 2 atom stereocenters. The molecule has 1 heterocycles. The summed E-state index contributed by atoms with van der Waals surface area (Å²) in [4.78, 5) is 11.3. The number of carbonyl (C=O) groups is 1. The highest BCUT2D eigenvalue weighted by Crippen LogP contribution is 2.29. The van der Waals surface area contributed by atoms with Crippen molar-refractivity contribution in [3.05, 3.63) is 12.7 Å². The van der Waals surface area contributed by atoms with Crippen molar-refractivity contribution in [2.45, 2.75) is 19.8 Å². The smallest absolute Gasteiger partial charge is 0.135 e. The zero-order valence-electron chi connectivity index (χ0n) is 7.55. The van der Waals surface area contributed by atoms with Gasteiger partial charge >= 0.3 is 0 Å². The Labute approximate surface area is 76.3 Å². The Hall–Kier alpha value is -0.200. The van der Waals surface area contributed by atoms with Gasteiger partial charge in [-0.2, -0.15) is 0 Å². The minimum absolute atomic E-state index is 0.0324. The minimum atomic E-state index is -0.0324. The zero-order valence-corrected chi connectivity index (χ0v) is 8.70. The van der Waals surface area contributed by atoms with Gasteiger partial charge in [0.15, 0.2) is 0 Å². The molecule has 0 aromatic rings. The van der Waals surface area contributed by atoms with E-state index in [2.05, 4.69) is 27.6 Å². The Morgan fingerprint density at radius 3 is 3.00 bits per heavy atom. The predicted molar refractivity (Wildman–Crippen MR) is 53.8 cm³/mol. The first-order valence-corrected chi connectivity index (χ1v) is 4.72. The molecule has 12 heavy (non-hydrogen) atoms. The molecule has 0 saturated carbocycles. The summed E-state index contributed by atoms with van der Waals surface area (Å²) in [6.07, 6.45) is 3.21. The van der Waals surface area contributed by atoms with Crippen LogP contribution in [0.4, 0.5) is 0 Å². The quantitative estimate of drug-likeness (QED) is 0.457. The molecule has 1 rings (SSSR count). The number of Topliss-reactive ketones (excluding diaryl/α,β-unsaturated/α-hetero) is 1. The van der Waals surface area contributed by atoms with Gasteiger partial charge in [-0.3, -0.25) is 9.46 Å². The van der Waals surface area contributed by atoms with Gasteiger partial charge in [-0.1, -0.05) is 22.4 Å². The first-order chi connectivity index (χ1) is 5.56. The number of rotatable bonds is 1. The van der Waals surface area contributed by atoms with Gasteiger partial charge in [-0.25, -0.2) is 0 Å². The van der Waals surface area contributed by atoms with Crippen molar-refractivity contribution < 1.29 is 4.79 Å². The molecule has 1 fully saturated rings. The normalized spacial score (nSPS) is 33.0.